The molecular weight excluding hydrogens is 280 g/mol. The van der Waals surface area contributed by atoms with Crippen LogP contribution in [0.3, 0.4) is 0 Å². The SMILES string of the molecule is Cc1cccc(Cl)c1N1CCCNC(c2ccccc2)C1. The summed E-state index contributed by atoms with van der Waals surface area (Å²) in [5.41, 5.74) is 3.77. The van der Waals surface area contributed by atoms with Gasteiger partial charge in [-0.2, -0.15) is 0 Å². The maximum Gasteiger partial charge on any atom is 0.0642 e. The lowest BCUT2D eigenvalue weighted by molar-refractivity contribution is 0.570. The van der Waals surface area contributed by atoms with Gasteiger partial charge in [-0.15, -0.1) is 0 Å². The van der Waals surface area contributed by atoms with Gasteiger partial charge >= 0.3 is 0 Å². The lowest BCUT2D eigenvalue weighted by Gasteiger charge is -2.29. The van der Waals surface area contributed by atoms with E-state index in [-0.39, 0.29) is 0 Å². The number of benzene rings is 2. The summed E-state index contributed by atoms with van der Waals surface area (Å²) in [6.07, 6.45) is 1.13. The molecule has 0 spiro atoms. The Morgan fingerprint density at radius 3 is 2.67 bits per heavy atom. The number of nitrogens with one attached hydrogen (secondary N) is 1. The van der Waals surface area contributed by atoms with Gasteiger partial charge in [0.25, 0.3) is 0 Å². The molecular formula is C18H21ClN2. The average molecular weight is 301 g/mol. The zero-order valence-corrected chi connectivity index (χ0v) is 13.1. The predicted molar refractivity (Wildman–Crippen MR) is 90.2 cm³/mol. The van der Waals surface area contributed by atoms with Gasteiger partial charge in [0, 0.05) is 19.1 Å². The second-order valence-corrected chi connectivity index (χ2v) is 6.03. The molecule has 21 heavy (non-hydrogen) atoms. The zero-order chi connectivity index (χ0) is 14.7. The van der Waals surface area contributed by atoms with Crippen LogP contribution < -0.4 is 10.2 Å². The molecule has 1 aliphatic rings. The molecule has 1 heterocycles. The quantitative estimate of drug-likeness (QED) is 0.894. The number of aryl methyl sites for hydroxylation is 1. The van der Waals surface area contributed by atoms with Crippen LogP contribution in [0.5, 0.6) is 0 Å². The maximum absolute atomic E-state index is 6.45. The van der Waals surface area contributed by atoms with Crippen molar-refractivity contribution in [1.29, 1.82) is 0 Å². The molecule has 1 aliphatic heterocycles. The van der Waals surface area contributed by atoms with E-state index in [1.165, 1.54) is 16.8 Å². The number of rotatable bonds is 2. The molecule has 3 rings (SSSR count). The van der Waals surface area contributed by atoms with Crippen LogP contribution in [0.2, 0.25) is 5.02 Å². The molecule has 110 valence electrons. The second kappa shape index (κ2) is 6.50. The van der Waals surface area contributed by atoms with Crippen molar-refractivity contribution in [3.8, 4) is 0 Å². The molecule has 1 N–H and O–H groups in total. The average Bonchev–Trinajstić information content (AvgIpc) is 2.74. The van der Waals surface area contributed by atoms with Crippen molar-refractivity contribution in [2.24, 2.45) is 0 Å². The lowest BCUT2D eigenvalue weighted by Crippen LogP contribution is -2.32. The summed E-state index contributed by atoms with van der Waals surface area (Å²) in [6.45, 7) is 5.17. The van der Waals surface area contributed by atoms with E-state index in [0.29, 0.717) is 6.04 Å². The van der Waals surface area contributed by atoms with E-state index in [9.17, 15) is 0 Å². The Labute approximate surface area is 131 Å². The second-order valence-electron chi connectivity index (χ2n) is 5.62. The van der Waals surface area contributed by atoms with Gasteiger partial charge in [0.05, 0.1) is 10.7 Å². The van der Waals surface area contributed by atoms with Crippen molar-refractivity contribution in [2.75, 3.05) is 24.5 Å². The Morgan fingerprint density at radius 1 is 1.10 bits per heavy atom. The Balaban J connectivity index is 1.89. The van der Waals surface area contributed by atoms with E-state index in [0.717, 1.165) is 31.1 Å². The molecule has 2 aromatic carbocycles. The van der Waals surface area contributed by atoms with E-state index >= 15 is 0 Å². The third-order valence-corrected chi connectivity index (χ3v) is 4.41. The summed E-state index contributed by atoms with van der Waals surface area (Å²) in [7, 11) is 0. The summed E-state index contributed by atoms with van der Waals surface area (Å²) < 4.78 is 0. The fourth-order valence-electron chi connectivity index (χ4n) is 3.06. The number of para-hydroxylation sites is 1. The van der Waals surface area contributed by atoms with Gasteiger partial charge in [-0.25, -0.2) is 0 Å². The lowest BCUT2D eigenvalue weighted by atomic mass is 10.1. The molecule has 0 saturated carbocycles. The van der Waals surface area contributed by atoms with Crippen LogP contribution in [-0.4, -0.2) is 19.6 Å². The van der Waals surface area contributed by atoms with Gasteiger partial charge in [0.2, 0.25) is 0 Å². The molecule has 0 bridgehead atoms. The number of halogens is 1. The molecule has 2 nitrogen and oxygen atoms in total. The van der Waals surface area contributed by atoms with Gasteiger partial charge in [0.15, 0.2) is 0 Å². The van der Waals surface area contributed by atoms with Crippen molar-refractivity contribution in [3.63, 3.8) is 0 Å². The van der Waals surface area contributed by atoms with Crippen LogP contribution in [0.15, 0.2) is 48.5 Å². The minimum Gasteiger partial charge on any atom is -0.368 e. The minimum atomic E-state index is 0.351. The third kappa shape index (κ3) is 3.22. The molecule has 2 aromatic rings. The van der Waals surface area contributed by atoms with Gasteiger partial charge in [-0.05, 0) is 37.1 Å². The van der Waals surface area contributed by atoms with Crippen molar-refractivity contribution in [2.45, 2.75) is 19.4 Å². The predicted octanol–water partition coefficient (Wildman–Crippen LogP) is 4.19. The molecule has 3 heteroatoms. The summed E-state index contributed by atoms with van der Waals surface area (Å²) in [5, 5.41) is 4.50. The van der Waals surface area contributed by atoms with E-state index in [4.69, 9.17) is 11.6 Å². The fraction of sp³-hybridized carbons (Fsp3) is 0.333. The summed E-state index contributed by atoms with van der Waals surface area (Å²) in [6, 6.07) is 17.2. The van der Waals surface area contributed by atoms with Crippen LogP contribution in [-0.2, 0) is 0 Å². The first-order chi connectivity index (χ1) is 10.3. The molecule has 1 fully saturated rings. The zero-order valence-electron chi connectivity index (χ0n) is 12.3. The Hall–Kier alpha value is -1.51. The highest BCUT2D eigenvalue weighted by atomic mass is 35.5. The minimum absolute atomic E-state index is 0.351. The van der Waals surface area contributed by atoms with Crippen molar-refractivity contribution in [1.82, 2.24) is 5.32 Å². The smallest absolute Gasteiger partial charge is 0.0642 e. The summed E-state index contributed by atoms with van der Waals surface area (Å²) in [4.78, 5) is 2.43. The van der Waals surface area contributed by atoms with Crippen molar-refractivity contribution < 1.29 is 0 Å². The Morgan fingerprint density at radius 2 is 1.90 bits per heavy atom. The highest BCUT2D eigenvalue weighted by Gasteiger charge is 2.21. The van der Waals surface area contributed by atoms with E-state index in [2.05, 4.69) is 53.5 Å². The number of hydrogen-bond donors (Lipinski definition) is 1. The molecule has 0 aromatic heterocycles. The molecule has 0 aliphatic carbocycles. The van der Waals surface area contributed by atoms with Crippen LogP contribution in [0.25, 0.3) is 0 Å². The van der Waals surface area contributed by atoms with Crippen LogP contribution >= 0.6 is 11.6 Å². The Kier molecular flexibility index (Phi) is 4.47. The number of hydrogen-bond acceptors (Lipinski definition) is 2. The monoisotopic (exact) mass is 300 g/mol. The largest absolute Gasteiger partial charge is 0.368 e. The summed E-state index contributed by atoms with van der Waals surface area (Å²) in [5.74, 6) is 0. The first kappa shape index (κ1) is 14.4. The topological polar surface area (TPSA) is 15.3 Å². The van der Waals surface area contributed by atoms with Gasteiger partial charge < -0.3 is 10.2 Å². The maximum atomic E-state index is 6.45. The number of anilines is 1. The highest BCUT2D eigenvalue weighted by molar-refractivity contribution is 6.33. The normalized spacial score (nSPS) is 19.3. The molecule has 0 radical (unpaired) electrons. The van der Waals surface area contributed by atoms with E-state index < -0.39 is 0 Å². The molecule has 1 atom stereocenters. The fourth-order valence-corrected chi connectivity index (χ4v) is 3.40. The van der Waals surface area contributed by atoms with E-state index in [1.807, 2.05) is 12.1 Å². The summed E-state index contributed by atoms with van der Waals surface area (Å²) >= 11 is 6.45. The first-order valence-corrected chi connectivity index (χ1v) is 7.92. The third-order valence-electron chi connectivity index (χ3n) is 4.11. The van der Waals surface area contributed by atoms with Crippen LogP contribution in [0.4, 0.5) is 5.69 Å². The molecule has 0 amide bonds. The standard InChI is InChI=1S/C18H21ClN2/c1-14-7-5-10-16(19)18(14)21-12-6-11-20-17(13-21)15-8-3-2-4-9-15/h2-5,7-10,17,20H,6,11-13H2,1H3. The van der Waals surface area contributed by atoms with Crippen molar-refractivity contribution in [3.05, 3.63) is 64.7 Å². The molecule has 1 saturated heterocycles. The molecule has 1 unspecified atom stereocenters. The van der Waals surface area contributed by atoms with Crippen LogP contribution in [0, 0.1) is 6.92 Å². The van der Waals surface area contributed by atoms with E-state index in [1.54, 1.807) is 0 Å². The van der Waals surface area contributed by atoms with Crippen LogP contribution in [0.1, 0.15) is 23.6 Å². The first-order valence-electron chi connectivity index (χ1n) is 7.54. The Bertz CT molecular complexity index is 577. The van der Waals surface area contributed by atoms with Gasteiger partial charge in [0.1, 0.15) is 0 Å². The number of nitrogens with zero attached hydrogens (tertiary/aromatic N) is 1. The van der Waals surface area contributed by atoms with Gasteiger partial charge in [-0.3, -0.25) is 0 Å². The highest BCUT2D eigenvalue weighted by Crippen LogP contribution is 2.31. The van der Waals surface area contributed by atoms with Gasteiger partial charge in [-0.1, -0.05) is 54.1 Å². The van der Waals surface area contributed by atoms with Crippen molar-refractivity contribution >= 4 is 17.3 Å².